The number of aromatic nitrogens is 1. The Morgan fingerprint density at radius 3 is 2.71 bits per heavy atom. The van der Waals surface area contributed by atoms with Crippen molar-refractivity contribution in [3.8, 4) is 0 Å². The van der Waals surface area contributed by atoms with E-state index in [-0.39, 0.29) is 17.2 Å². The molecule has 0 amide bonds. The Morgan fingerprint density at radius 2 is 2.24 bits per heavy atom. The first-order valence-corrected chi connectivity index (χ1v) is 5.67. The Hall–Kier alpha value is -1.56. The third-order valence-corrected chi connectivity index (χ3v) is 3.35. The highest BCUT2D eigenvalue weighted by molar-refractivity contribution is 5.75. The molecule has 0 radical (unpaired) electrons. The summed E-state index contributed by atoms with van der Waals surface area (Å²) in [7, 11) is 2.02. The Bertz CT molecular complexity index is 442. The van der Waals surface area contributed by atoms with Crippen molar-refractivity contribution >= 4 is 5.97 Å². The van der Waals surface area contributed by atoms with Crippen molar-refractivity contribution in [3.63, 3.8) is 0 Å². The van der Waals surface area contributed by atoms with Gasteiger partial charge in [-0.05, 0) is 38.9 Å². The number of nitrogens with zero attached hydrogens (tertiary/aromatic N) is 1. The smallest absolute Gasteiger partial charge is 0.314 e. The molecule has 17 heavy (non-hydrogen) atoms. The number of hydrogen-bond acceptors (Lipinski definition) is 4. The molecule has 1 aliphatic heterocycles. The van der Waals surface area contributed by atoms with Gasteiger partial charge in [0.15, 0.2) is 5.76 Å². The highest BCUT2D eigenvalue weighted by Crippen LogP contribution is 2.32. The molecule has 1 unspecified atom stereocenters. The molecule has 0 spiro atoms. The van der Waals surface area contributed by atoms with Gasteiger partial charge in [0.2, 0.25) is 0 Å². The number of hydrogen-bond donors (Lipinski definition) is 2. The van der Waals surface area contributed by atoms with Crippen LogP contribution in [0.25, 0.3) is 0 Å². The zero-order valence-corrected chi connectivity index (χ0v) is 9.68. The number of aliphatic carboxylic acids is 1. The average molecular weight is 240 g/mol. The van der Waals surface area contributed by atoms with Gasteiger partial charge in [-0.15, -0.1) is 0 Å². The summed E-state index contributed by atoms with van der Waals surface area (Å²) >= 11 is 0. The van der Waals surface area contributed by atoms with Crippen molar-refractivity contribution in [2.24, 2.45) is 5.92 Å². The van der Waals surface area contributed by atoms with Gasteiger partial charge in [-0.25, -0.2) is 0 Å². The summed E-state index contributed by atoms with van der Waals surface area (Å²) in [5, 5.41) is 11.4. The van der Waals surface area contributed by atoms with E-state index >= 15 is 0 Å². The van der Waals surface area contributed by atoms with Gasteiger partial charge in [0.25, 0.3) is 5.56 Å². The summed E-state index contributed by atoms with van der Waals surface area (Å²) in [5.41, 5.74) is -0.390. The second-order valence-corrected chi connectivity index (χ2v) is 4.57. The van der Waals surface area contributed by atoms with Crippen LogP contribution in [0.4, 0.5) is 0 Å². The fourth-order valence-corrected chi connectivity index (χ4v) is 2.37. The van der Waals surface area contributed by atoms with Crippen LogP contribution in [0.1, 0.15) is 24.5 Å². The lowest BCUT2D eigenvalue weighted by Gasteiger charge is -2.31. The number of carbonyl (C=O) groups is 1. The largest absolute Gasteiger partial charge is 0.481 e. The molecule has 0 aliphatic carbocycles. The standard InChI is InChI=1S/C11H16N2O4/c1-13-4-2-7(3-5-13)10(11(15)16)8-6-9(14)12-17-8/h6-7,10H,2-5H2,1H3,(H,12,14)(H,15,16). The SMILES string of the molecule is CN1CCC(C(C(=O)O)c2cc(=O)[nH]o2)CC1. The van der Waals surface area contributed by atoms with E-state index in [1.807, 2.05) is 7.05 Å². The molecule has 6 nitrogen and oxygen atoms in total. The van der Waals surface area contributed by atoms with Gasteiger partial charge >= 0.3 is 5.97 Å². The molecule has 1 saturated heterocycles. The lowest BCUT2D eigenvalue weighted by molar-refractivity contribution is -0.141. The van der Waals surface area contributed by atoms with Crippen LogP contribution < -0.4 is 5.56 Å². The molecule has 1 atom stereocenters. The molecule has 2 rings (SSSR count). The van der Waals surface area contributed by atoms with Crippen LogP contribution in [-0.4, -0.2) is 41.3 Å². The Labute approximate surface area is 98.2 Å². The van der Waals surface area contributed by atoms with Gasteiger partial charge in [-0.3, -0.25) is 9.59 Å². The molecular formula is C11H16N2O4. The molecule has 2 N–H and O–H groups in total. The van der Waals surface area contributed by atoms with Crippen LogP contribution in [0, 0.1) is 5.92 Å². The first kappa shape index (κ1) is 11.9. The fraction of sp³-hybridized carbons (Fsp3) is 0.636. The number of carboxylic acids is 1. The van der Waals surface area contributed by atoms with Crippen molar-refractivity contribution in [2.75, 3.05) is 20.1 Å². The lowest BCUT2D eigenvalue weighted by atomic mass is 9.83. The van der Waals surface area contributed by atoms with Crippen LogP contribution in [0.2, 0.25) is 0 Å². The zero-order valence-electron chi connectivity index (χ0n) is 9.68. The molecule has 94 valence electrons. The van der Waals surface area contributed by atoms with E-state index in [1.54, 1.807) is 0 Å². The third-order valence-electron chi connectivity index (χ3n) is 3.35. The zero-order chi connectivity index (χ0) is 12.4. The number of carboxylic acid groups (broad SMARTS) is 1. The minimum atomic E-state index is -0.928. The van der Waals surface area contributed by atoms with Crippen LogP contribution in [0.15, 0.2) is 15.4 Å². The lowest BCUT2D eigenvalue weighted by Crippen LogP contribution is -2.34. The quantitative estimate of drug-likeness (QED) is 0.802. The van der Waals surface area contributed by atoms with Gasteiger partial charge < -0.3 is 14.5 Å². The summed E-state index contributed by atoms with van der Waals surface area (Å²) in [4.78, 5) is 24.5. The minimum Gasteiger partial charge on any atom is -0.481 e. The second-order valence-electron chi connectivity index (χ2n) is 4.57. The summed E-state index contributed by atoms with van der Waals surface area (Å²) in [6, 6.07) is 1.23. The molecule has 1 aromatic heterocycles. The predicted molar refractivity (Wildman–Crippen MR) is 59.9 cm³/mol. The average Bonchev–Trinajstić information content (AvgIpc) is 2.68. The van der Waals surface area contributed by atoms with Crippen molar-refractivity contribution in [3.05, 3.63) is 22.2 Å². The second kappa shape index (κ2) is 4.75. The number of piperidine rings is 1. The van der Waals surface area contributed by atoms with Crippen LogP contribution in [0.5, 0.6) is 0 Å². The molecule has 1 fully saturated rings. The predicted octanol–water partition coefficient (Wildman–Crippen LogP) is 0.478. The maximum atomic E-state index is 11.3. The first-order chi connectivity index (χ1) is 8.08. The van der Waals surface area contributed by atoms with E-state index in [2.05, 4.69) is 10.1 Å². The Morgan fingerprint density at radius 1 is 1.59 bits per heavy atom. The molecule has 0 bridgehead atoms. The minimum absolute atomic E-state index is 0.0302. The molecule has 2 heterocycles. The fourth-order valence-electron chi connectivity index (χ4n) is 2.37. The topological polar surface area (TPSA) is 86.5 Å². The van der Waals surface area contributed by atoms with Gasteiger partial charge in [-0.1, -0.05) is 0 Å². The number of H-pyrrole nitrogens is 1. The normalized spacial score (nSPS) is 20.3. The van der Waals surface area contributed by atoms with E-state index < -0.39 is 11.9 Å². The summed E-state index contributed by atoms with van der Waals surface area (Å²) in [6.07, 6.45) is 1.62. The van der Waals surface area contributed by atoms with Gasteiger partial charge in [0.1, 0.15) is 5.92 Å². The number of rotatable bonds is 3. The van der Waals surface area contributed by atoms with E-state index in [1.165, 1.54) is 6.07 Å². The number of likely N-dealkylation sites (tertiary alicyclic amines) is 1. The molecule has 0 aromatic carbocycles. The molecular weight excluding hydrogens is 224 g/mol. The Kier molecular flexibility index (Phi) is 3.33. The third kappa shape index (κ3) is 2.58. The summed E-state index contributed by atoms with van der Waals surface area (Å²) in [6.45, 7) is 1.76. The highest BCUT2D eigenvalue weighted by Gasteiger charge is 2.34. The van der Waals surface area contributed by atoms with Crippen LogP contribution in [0.3, 0.4) is 0 Å². The summed E-state index contributed by atoms with van der Waals surface area (Å²) in [5.74, 6) is -1.38. The van der Waals surface area contributed by atoms with Crippen molar-refractivity contribution in [1.29, 1.82) is 0 Å². The Balaban J connectivity index is 2.18. The molecule has 6 heteroatoms. The summed E-state index contributed by atoms with van der Waals surface area (Å²) < 4.78 is 4.94. The van der Waals surface area contributed by atoms with Crippen molar-refractivity contribution < 1.29 is 14.4 Å². The van der Waals surface area contributed by atoms with Gasteiger partial charge in [0, 0.05) is 6.07 Å². The van der Waals surface area contributed by atoms with E-state index in [0.29, 0.717) is 0 Å². The van der Waals surface area contributed by atoms with E-state index in [9.17, 15) is 14.7 Å². The molecule has 0 saturated carbocycles. The van der Waals surface area contributed by atoms with Crippen molar-refractivity contribution in [2.45, 2.75) is 18.8 Å². The maximum Gasteiger partial charge on any atom is 0.314 e. The molecule has 1 aromatic rings. The van der Waals surface area contributed by atoms with E-state index in [0.717, 1.165) is 25.9 Å². The van der Waals surface area contributed by atoms with Gasteiger partial charge in [-0.2, -0.15) is 5.16 Å². The van der Waals surface area contributed by atoms with E-state index in [4.69, 9.17) is 4.52 Å². The number of aromatic amines is 1. The van der Waals surface area contributed by atoms with Crippen molar-refractivity contribution in [1.82, 2.24) is 10.1 Å². The number of nitrogens with one attached hydrogen (secondary N) is 1. The van der Waals surface area contributed by atoms with Crippen LogP contribution >= 0.6 is 0 Å². The molecule has 1 aliphatic rings. The first-order valence-electron chi connectivity index (χ1n) is 5.67. The van der Waals surface area contributed by atoms with Gasteiger partial charge in [0.05, 0.1) is 0 Å². The van der Waals surface area contributed by atoms with Crippen LogP contribution in [-0.2, 0) is 4.79 Å². The maximum absolute atomic E-state index is 11.3. The highest BCUT2D eigenvalue weighted by atomic mass is 16.5. The monoisotopic (exact) mass is 240 g/mol.